The molecular formula is C46H36GeN2O+2. The molecule has 0 saturated carbocycles. The van der Waals surface area contributed by atoms with Crippen LogP contribution in [0.2, 0.25) is 17.3 Å². The topological polar surface area (TPSA) is 20.9 Å². The van der Waals surface area contributed by atoms with E-state index in [1.807, 2.05) is 16.7 Å². The van der Waals surface area contributed by atoms with Gasteiger partial charge in [0.1, 0.15) is 0 Å². The molecule has 0 fully saturated rings. The van der Waals surface area contributed by atoms with Gasteiger partial charge in [0.25, 0.3) is 0 Å². The van der Waals surface area contributed by atoms with Gasteiger partial charge in [0, 0.05) is 0 Å². The Kier molecular flexibility index (Phi) is 4.41. The first-order valence-electron chi connectivity index (χ1n) is 20.2. The average Bonchev–Trinajstić information content (AvgIpc) is 3.79. The van der Waals surface area contributed by atoms with Crippen molar-refractivity contribution in [2.75, 3.05) is 0 Å². The van der Waals surface area contributed by atoms with E-state index in [-0.39, 0.29) is 11.1 Å². The molecule has 9 aromatic rings. The number of nitrogens with zero attached hydrogens (tertiary/aromatic N) is 2. The van der Waals surface area contributed by atoms with E-state index in [1.165, 1.54) is 15.2 Å². The molecule has 0 saturated heterocycles. The van der Waals surface area contributed by atoms with Gasteiger partial charge in [-0.05, 0) is 10.8 Å². The monoisotopic (exact) mass is 712 g/mol. The fraction of sp³-hybridized carbons (Fsp3) is 0.130. The predicted octanol–water partition coefficient (Wildman–Crippen LogP) is 10.0. The molecule has 3 nitrogen and oxygen atoms in total. The van der Waals surface area contributed by atoms with Crippen molar-refractivity contribution < 1.29 is 21.8 Å². The number of aryl methyl sites for hydroxylation is 2. The molecule has 2 aliphatic heterocycles. The second kappa shape index (κ2) is 9.49. The van der Waals surface area contributed by atoms with Crippen molar-refractivity contribution in [3.63, 3.8) is 0 Å². The summed E-state index contributed by atoms with van der Waals surface area (Å²) in [5, 5.41) is 8.76. The zero-order valence-corrected chi connectivity index (χ0v) is 30.0. The van der Waals surface area contributed by atoms with Gasteiger partial charge in [0.15, 0.2) is 0 Å². The van der Waals surface area contributed by atoms with Crippen LogP contribution in [-0.2, 0) is 5.66 Å². The number of furan rings is 1. The summed E-state index contributed by atoms with van der Waals surface area (Å²) in [4.78, 5) is 0. The van der Waals surface area contributed by atoms with Gasteiger partial charge < -0.3 is 0 Å². The third-order valence-electron chi connectivity index (χ3n) is 11.3. The summed E-state index contributed by atoms with van der Waals surface area (Å²) in [5.41, 5.74) is 5.24. The van der Waals surface area contributed by atoms with Crippen molar-refractivity contribution in [2.45, 2.75) is 36.6 Å². The number of benzene rings is 6. The number of fused-ring (bicyclic) bond motifs is 20. The van der Waals surface area contributed by atoms with Crippen LogP contribution in [0.4, 0.5) is 0 Å². The molecule has 238 valence electrons. The fourth-order valence-electron chi connectivity index (χ4n) is 9.02. The van der Waals surface area contributed by atoms with Gasteiger partial charge in [-0.15, -0.1) is 0 Å². The first-order chi connectivity index (χ1) is 26.7. The van der Waals surface area contributed by atoms with E-state index in [9.17, 15) is 0 Å². The molecule has 5 heterocycles. The van der Waals surface area contributed by atoms with Gasteiger partial charge in [-0.25, -0.2) is 0 Å². The van der Waals surface area contributed by atoms with Gasteiger partial charge in [0.2, 0.25) is 0 Å². The molecule has 4 heteroatoms. The van der Waals surface area contributed by atoms with E-state index >= 15 is 0 Å². The molecule has 1 unspecified atom stereocenters. The van der Waals surface area contributed by atoms with Gasteiger partial charge in [-0.1, -0.05) is 48.5 Å². The van der Waals surface area contributed by atoms with Crippen molar-refractivity contribution >= 4 is 71.9 Å². The maximum absolute atomic E-state index is 8.62. The van der Waals surface area contributed by atoms with Crippen LogP contribution >= 0.6 is 0 Å². The second-order valence-electron chi connectivity index (χ2n) is 14.9. The molecular weight excluding hydrogens is 669 g/mol. The van der Waals surface area contributed by atoms with Crippen molar-refractivity contribution in [3.05, 3.63) is 150 Å². The SMILES string of the molecule is [2H]C([2H])([2H])c1cc2[n+](cc1C([2H])([2H])[2H])C1(c3ccccc3-c3cc[c]([Ge]([CH3])([CH3])[CH3])c[n+]31)c1ccc3c(oc4cc5c6ccccc6c6ccccc6c5cc43)c1-2. The number of pyridine rings is 2. The van der Waals surface area contributed by atoms with Gasteiger partial charge in [-0.2, -0.15) is 0 Å². The predicted molar refractivity (Wildman–Crippen MR) is 208 cm³/mol. The Morgan fingerprint density at radius 2 is 1.22 bits per heavy atom. The molecule has 0 aliphatic carbocycles. The summed E-state index contributed by atoms with van der Waals surface area (Å²) in [5.74, 6) is 7.10. The summed E-state index contributed by atoms with van der Waals surface area (Å²) < 4.78 is 64.3. The minimum atomic E-state index is -2.68. The van der Waals surface area contributed by atoms with E-state index in [4.69, 9.17) is 12.6 Å². The van der Waals surface area contributed by atoms with E-state index in [1.54, 1.807) is 12.3 Å². The van der Waals surface area contributed by atoms with Crippen molar-refractivity contribution in [3.8, 4) is 22.5 Å². The Morgan fingerprint density at radius 3 is 1.94 bits per heavy atom. The fourth-order valence-corrected chi connectivity index (χ4v) is 11.3. The van der Waals surface area contributed by atoms with Crippen molar-refractivity contribution in [1.82, 2.24) is 0 Å². The number of hydrogen-bond donors (Lipinski definition) is 0. The second-order valence-corrected chi connectivity index (χ2v) is 25.6. The summed E-state index contributed by atoms with van der Waals surface area (Å²) in [7, 11) is 0. The Balaban J connectivity index is 1.33. The first-order valence-corrected chi connectivity index (χ1v) is 24.5. The molecule has 3 aromatic heterocycles. The Bertz CT molecular complexity index is 3230. The van der Waals surface area contributed by atoms with E-state index < -0.39 is 32.6 Å². The van der Waals surface area contributed by atoms with Gasteiger partial charge in [-0.3, -0.25) is 0 Å². The zero-order chi connectivity index (χ0) is 38.7. The van der Waals surface area contributed by atoms with Crippen LogP contribution in [0.15, 0.2) is 132 Å². The van der Waals surface area contributed by atoms with Crippen LogP contribution in [0, 0.1) is 13.7 Å². The Morgan fingerprint density at radius 1 is 0.560 bits per heavy atom. The van der Waals surface area contributed by atoms with Crippen LogP contribution in [0.1, 0.15) is 30.5 Å². The van der Waals surface area contributed by atoms with Crippen LogP contribution in [0.5, 0.6) is 0 Å². The molecule has 0 N–H and O–H groups in total. The molecule has 1 spiro atoms. The van der Waals surface area contributed by atoms with Crippen LogP contribution in [0.25, 0.3) is 76.8 Å². The van der Waals surface area contributed by atoms with Crippen LogP contribution in [0.3, 0.4) is 0 Å². The normalized spacial score (nSPS) is 18.5. The molecule has 50 heavy (non-hydrogen) atoms. The number of hydrogen-bond acceptors (Lipinski definition) is 1. The summed E-state index contributed by atoms with van der Waals surface area (Å²) in [6.07, 6.45) is 3.86. The summed E-state index contributed by atoms with van der Waals surface area (Å²) >= 11 is -2.43. The molecule has 0 amide bonds. The van der Waals surface area contributed by atoms with E-state index in [2.05, 4.69) is 125 Å². The van der Waals surface area contributed by atoms with Gasteiger partial charge in [0.05, 0.1) is 0 Å². The standard InChI is InChI=1S/C46H36GeN2O/c1-27-22-42-44-40(46(48(42)25-28(27)2)39-17-11-10-16-35(39)41-21-18-29(26-49(41)46)47(3,4)5)20-19-34-38-23-36-32-14-8-6-12-30(32)31-13-7-9-15-33(31)37(36)24-43(38)50-45(34)44/h6-26H,1-5H3/q+2/i1D3,2D3. The van der Waals surface area contributed by atoms with Crippen LogP contribution in [-0.4, -0.2) is 13.3 Å². The zero-order valence-electron chi connectivity index (χ0n) is 33.9. The van der Waals surface area contributed by atoms with Crippen LogP contribution < -0.4 is 13.5 Å². The summed E-state index contributed by atoms with van der Waals surface area (Å²) in [6.45, 7) is -5.36. The summed E-state index contributed by atoms with van der Waals surface area (Å²) in [6, 6.07) is 40.0. The van der Waals surface area contributed by atoms with E-state index in [0.717, 1.165) is 65.8 Å². The molecule has 0 radical (unpaired) electrons. The minimum absolute atomic E-state index is 0.182. The van der Waals surface area contributed by atoms with Gasteiger partial charge >= 0.3 is 243 Å². The van der Waals surface area contributed by atoms with E-state index in [0.29, 0.717) is 11.3 Å². The molecule has 0 bridgehead atoms. The third kappa shape index (κ3) is 3.41. The molecule has 1 atom stereocenters. The molecule has 11 rings (SSSR count). The van der Waals surface area contributed by atoms with Crippen molar-refractivity contribution in [1.29, 1.82) is 0 Å². The third-order valence-corrected chi connectivity index (χ3v) is 15.6. The Hall–Kier alpha value is -5.26. The molecule has 6 aromatic carbocycles. The van der Waals surface area contributed by atoms with Crippen molar-refractivity contribution in [2.24, 2.45) is 0 Å². The Labute approximate surface area is 301 Å². The first kappa shape index (κ1) is 23.2. The number of rotatable bonds is 1. The molecule has 2 aliphatic rings. The number of aromatic nitrogens is 2. The average molecular weight is 711 g/mol. The quantitative estimate of drug-likeness (QED) is 0.0944. The maximum atomic E-state index is 8.62.